The van der Waals surface area contributed by atoms with Crippen LogP contribution in [0.4, 0.5) is 5.69 Å². The van der Waals surface area contributed by atoms with Crippen molar-refractivity contribution in [3.63, 3.8) is 0 Å². The largest absolute Gasteiger partial charge is 0.457 e. The van der Waals surface area contributed by atoms with E-state index in [1.165, 1.54) is 16.5 Å². The van der Waals surface area contributed by atoms with Gasteiger partial charge in [-0.3, -0.25) is 14.2 Å². The maximum atomic E-state index is 13.1. The first-order valence-corrected chi connectivity index (χ1v) is 12.4. The molecule has 2 aromatic heterocycles. The molecule has 0 bridgehead atoms. The predicted molar refractivity (Wildman–Crippen MR) is 138 cm³/mol. The summed E-state index contributed by atoms with van der Waals surface area (Å²) in [4.78, 5) is 43.4. The van der Waals surface area contributed by atoms with Gasteiger partial charge >= 0.3 is 5.97 Å². The molecule has 2 aromatic carbocycles. The van der Waals surface area contributed by atoms with Crippen molar-refractivity contribution in [2.24, 2.45) is 0 Å². The van der Waals surface area contributed by atoms with Gasteiger partial charge in [0, 0.05) is 5.69 Å². The number of hydrogen-bond acceptors (Lipinski definition) is 6. The zero-order valence-electron chi connectivity index (χ0n) is 19.7. The molecule has 0 aliphatic carbocycles. The van der Waals surface area contributed by atoms with Crippen LogP contribution >= 0.6 is 11.3 Å². The molecule has 4 rings (SSSR count). The number of benzene rings is 2. The molecule has 0 spiro atoms. The quantitative estimate of drug-likeness (QED) is 0.330. The maximum absolute atomic E-state index is 13.1. The lowest BCUT2D eigenvalue weighted by molar-refractivity contribution is -0.116. The fraction of sp³-hybridized carbons (Fsp3) is 0.259. The van der Waals surface area contributed by atoms with Crippen molar-refractivity contribution in [3.05, 3.63) is 92.8 Å². The minimum atomic E-state index is -0.500. The van der Waals surface area contributed by atoms with E-state index in [2.05, 4.69) is 17.2 Å². The summed E-state index contributed by atoms with van der Waals surface area (Å²) in [5.74, 6) is -0.828. The van der Waals surface area contributed by atoms with Crippen molar-refractivity contribution in [1.29, 1.82) is 0 Å². The molecule has 0 aliphatic rings. The van der Waals surface area contributed by atoms with E-state index < -0.39 is 5.97 Å². The van der Waals surface area contributed by atoms with Gasteiger partial charge in [0.2, 0.25) is 5.91 Å². The Bertz CT molecular complexity index is 1390. The van der Waals surface area contributed by atoms with Gasteiger partial charge in [-0.2, -0.15) is 0 Å². The monoisotopic (exact) mass is 489 g/mol. The molecule has 0 aliphatic heterocycles. The van der Waals surface area contributed by atoms with Crippen molar-refractivity contribution in [2.45, 2.75) is 46.3 Å². The zero-order valence-corrected chi connectivity index (χ0v) is 20.6. The molecule has 180 valence electrons. The van der Waals surface area contributed by atoms with E-state index in [4.69, 9.17) is 4.74 Å². The van der Waals surface area contributed by atoms with E-state index >= 15 is 0 Å². The number of fused-ring (bicyclic) bond motifs is 1. The standard InChI is InChI=1S/C27H27N3O4S/c1-3-4-8-19-11-13-21(14-12-19)29-22(31)15-30-17-28-25-23(26(30)32)18(2)24(35-25)27(33)34-16-20-9-6-5-7-10-20/h5-7,9-14,17H,3-4,8,15-16H2,1-2H3,(H,29,31). The second-order valence-corrected chi connectivity index (χ2v) is 9.32. The van der Waals surface area contributed by atoms with Crippen LogP contribution in [-0.2, 0) is 29.1 Å². The molecule has 7 nitrogen and oxygen atoms in total. The molecule has 0 saturated carbocycles. The SMILES string of the molecule is CCCCc1ccc(NC(=O)Cn2cnc3sc(C(=O)OCc4ccccc4)c(C)c3c2=O)cc1. The van der Waals surface area contributed by atoms with Gasteiger partial charge in [0.15, 0.2) is 0 Å². The fourth-order valence-corrected chi connectivity index (χ4v) is 4.78. The van der Waals surface area contributed by atoms with Gasteiger partial charge in [0.1, 0.15) is 22.9 Å². The molecule has 1 N–H and O–H groups in total. The van der Waals surface area contributed by atoms with E-state index in [1.807, 2.05) is 54.6 Å². The number of anilines is 1. The normalized spacial score (nSPS) is 10.9. The minimum absolute atomic E-state index is 0.144. The first-order valence-electron chi connectivity index (χ1n) is 11.5. The van der Waals surface area contributed by atoms with Crippen molar-refractivity contribution >= 4 is 39.1 Å². The van der Waals surface area contributed by atoms with Crippen LogP contribution in [0.1, 0.15) is 46.1 Å². The first kappa shape index (κ1) is 24.3. The third-order valence-electron chi connectivity index (χ3n) is 5.69. The number of carbonyl (C=O) groups is 2. The number of nitrogens with one attached hydrogen (secondary N) is 1. The van der Waals surface area contributed by atoms with Gasteiger partial charge in [-0.1, -0.05) is 55.8 Å². The van der Waals surface area contributed by atoms with Crippen molar-refractivity contribution < 1.29 is 14.3 Å². The number of ether oxygens (including phenoxy) is 1. The summed E-state index contributed by atoms with van der Waals surface area (Å²) in [6.45, 7) is 3.82. The summed E-state index contributed by atoms with van der Waals surface area (Å²) in [7, 11) is 0. The highest BCUT2D eigenvalue weighted by atomic mass is 32.1. The topological polar surface area (TPSA) is 90.3 Å². The van der Waals surface area contributed by atoms with Crippen LogP contribution in [0.2, 0.25) is 0 Å². The zero-order chi connectivity index (χ0) is 24.8. The van der Waals surface area contributed by atoms with Crippen LogP contribution in [0, 0.1) is 6.92 Å². The van der Waals surface area contributed by atoms with E-state index in [0.717, 1.165) is 36.2 Å². The summed E-state index contributed by atoms with van der Waals surface area (Å²) in [5, 5.41) is 3.15. The second kappa shape index (κ2) is 11.1. The molecule has 2 heterocycles. The highest BCUT2D eigenvalue weighted by Crippen LogP contribution is 2.27. The minimum Gasteiger partial charge on any atom is -0.457 e. The van der Waals surface area contributed by atoms with Crippen molar-refractivity contribution in [1.82, 2.24) is 9.55 Å². The summed E-state index contributed by atoms with van der Waals surface area (Å²) < 4.78 is 6.68. The smallest absolute Gasteiger partial charge is 0.349 e. The van der Waals surface area contributed by atoms with Crippen molar-refractivity contribution in [3.8, 4) is 0 Å². The van der Waals surface area contributed by atoms with Gasteiger partial charge in [-0.25, -0.2) is 9.78 Å². The molecule has 0 atom stereocenters. The summed E-state index contributed by atoms with van der Waals surface area (Å²) in [5.41, 5.74) is 2.92. The first-order chi connectivity index (χ1) is 17.0. The Morgan fingerprint density at radius 1 is 1.06 bits per heavy atom. The molecular weight excluding hydrogens is 462 g/mol. The predicted octanol–water partition coefficient (Wildman–Crippen LogP) is 5.10. The molecular formula is C27H27N3O4S. The third kappa shape index (κ3) is 5.84. The number of rotatable bonds is 9. The van der Waals surface area contributed by atoms with E-state index in [9.17, 15) is 14.4 Å². The molecule has 35 heavy (non-hydrogen) atoms. The van der Waals surface area contributed by atoms with Gasteiger partial charge in [0.25, 0.3) is 5.56 Å². The second-order valence-electron chi connectivity index (χ2n) is 8.32. The Kier molecular flexibility index (Phi) is 7.72. The van der Waals surface area contributed by atoms with E-state index in [-0.39, 0.29) is 24.6 Å². The van der Waals surface area contributed by atoms with Crippen LogP contribution in [0.25, 0.3) is 10.2 Å². The number of thiophene rings is 1. The van der Waals surface area contributed by atoms with Crippen LogP contribution in [0.5, 0.6) is 0 Å². The van der Waals surface area contributed by atoms with Crippen LogP contribution < -0.4 is 10.9 Å². The number of nitrogens with zero attached hydrogens (tertiary/aromatic N) is 2. The summed E-state index contributed by atoms with van der Waals surface area (Å²) in [6, 6.07) is 17.1. The highest BCUT2D eigenvalue weighted by Gasteiger charge is 2.21. The van der Waals surface area contributed by atoms with Gasteiger partial charge < -0.3 is 10.1 Å². The Balaban J connectivity index is 1.46. The number of carbonyl (C=O) groups excluding carboxylic acids is 2. The maximum Gasteiger partial charge on any atom is 0.349 e. The van der Waals surface area contributed by atoms with Crippen LogP contribution in [0.15, 0.2) is 65.7 Å². The van der Waals surface area contributed by atoms with Gasteiger partial charge in [-0.15, -0.1) is 11.3 Å². The van der Waals surface area contributed by atoms with Gasteiger partial charge in [-0.05, 0) is 48.6 Å². The molecule has 1 amide bonds. The number of hydrogen-bond donors (Lipinski definition) is 1. The Hall–Kier alpha value is -3.78. The third-order valence-corrected chi connectivity index (χ3v) is 6.87. The highest BCUT2D eigenvalue weighted by molar-refractivity contribution is 7.20. The lowest BCUT2D eigenvalue weighted by Crippen LogP contribution is -2.27. The molecule has 0 fully saturated rings. The van der Waals surface area contributed by atoms with E-state index in [0.29, 0.717) is 26.3 Å². The number of aromatic nitrogens is 2. The lowest BCUT2D eigenvalue weighted by Gasteiger charge is -2.08. The summed E-state index contributed by atoms with van der Waals surface area (Å²) >= 11 is 1.12. The molecule has 0 saturated heterocycles. The number of unbranched alkanes of at least 4 members (excludes halogenated alkanes) is 1. The van der Waals surface area contributed by atoms with Crippen LogP contribution in [-0.4, -0.2) is 21.4 Å². The number of esters is 1. The fourth-order valence-electron chi connectivity index (χ4n) is 3.75. The Labute approximate surface area is 207 Å². The lowest BCUT2D eigenvalue weighted by atomic mass is 10.1. The van der Waals surface area contributed by atoms with Gasteiger partial charge in [0.05, 0.1) is 11.7 Å². The molecule has 8 heteroatoms. The number of amides is 1. The van der Waals surface area contributed by atoms with Crippen LogP contribution in [0.3, 0.4) is 0 Å². The Morgan fingerprint density at radius 2 is 1.80 bits per heavy atom. The average Bonchev–Trinajstić information content (AvgIpc) is 3.21. The van der Waals surface area contributed by atoms with Crippen molar-refractivity contribution in [2.75, 3.05) is 5.32 Å². The van der Waals surface area contributed by atoms with E-state index in [1.54, 1.807) is 6.92 Å². The Morgan fingerprint density at radius 3 is 2.51 bits per heavy atom. The molecule has 0 unspecified atom stereocenters. The average molecular weight is 490 g/mol. The molecule has 4 aromatic rings. The number of aryl methyl sites for hydroxylation is 2. The summed E-state index contributed by atoms with van der Waals surface area (Å²) in [6.07, 6.45) is 4.60. The molecule has 0 radical (unpaired) electrons.